The summed E-state index contributed by atoms with van der Waals surface area (Å²) in [5.41, 5.74) is 1.28. The number of unbranched alkanes of at least 4 members (excludes halogenated alkanes) is 1. The van der Waals surface area contributed by atoms with Gasteiger partial charge in [-0.05, 0) is 57.7 Å². The molecule has 5 nitrogen and oxygen atoms in total. The van der Waals surface area contributed by atoms with Gasteiger partial charge in [-0.1, -0.05) is 25.1 Å². The van der Waals surface area contributed by atoms with Crippen LogP contribution in [0.15, 0.2) is 35.3 Å². The van der Waals surface area contributed by atoms with Crippen LogP contribution in [-0.2, 0) is 0 Å². The standard InChI is InChI=1S/C22H39N5.HI/c1-4-16-27-18-13-20(14-19-27)25-22(23-5-2)24-15-9-10-17-26(3)21-11-7-6-8-12-21;/h6-8,11-12,20H,4-5,9-10,13-19H2,1-3H3,(H2,23,24,25);1H. The van der Waals surface area contributed by atoms with Crippen molar-refractivity contribution in [3.8, 4) is 0 Å². The van der Waals surface area contributed by atoms with Gasteiger partial charge < -0.3 is 20.4 Å². The number of aliphatic imine (C=N–C) groups is 1. The molecule has 160 valence electrons. The van der Waals surface area contributed by atoms with Crippen molar-refractivity contribution in [1.29, 1.82) is 0 Å². The van der Waals surface area contributed by atoms with Crippen LogP contribution in [0.2, 0.25) is 0 Å². The van der Waals surface area contributed by atoms with Crippen LogP contribution in [0.3, 0.4) is 0 Å². The maximum atomic E-state index is 4.79. The van der Waals surface area contributed by atoms with E-state index >= 15 is 0 Å². The van der Waals surface area contributed by atoms with Crippen LogP contribution in [0.5, 0.6) is 0 Å². The number of nitrogens with one attached hydrogen (secondary N) is 2. The lowest BCUT2D eigenvalue weighted by Crippen LogP contribution is -2.48. The summed E-state index contributed by atoms with van der Waals surface area (Å²) >= 11 is 0. The minimum Gasteiger partial charge on any atom is -0.375 e. The lowest BCUT2D eigenvalue weighted by molar-refractivity contribution is 0.206. The summed E-state index contributed by atoms with van der Waals surface area (Å²) < 4.78 is 0. The molecule has 28 heavy (non-hydrogen) atoms. The third kappa shape index (κ3) is 9.45. The minimum atomic E-state index is 0. The molecule has 1 heterocycles. The first-order valence-corrected chi connectivity index (χ1v) is 10.8. The smallest absolute Gasteiger partial charge is 0.191 e. The monoisotopic (exact) mass is 501 g/mol. The third-order valence-corrected chi connectivity index (χ3v) is 5.18. The van der Waals surface area contributed by atoms with Crippen molar-refractivity contribution >= 4 is 35.6 Å². The first kappa shape index (κ1) is 25.0. The van der Waals surface area contributed by atoms with Gasteiger partial charge in [0.25, 0.3) is 0 Å². The molecule has 1 fully saturated rings. The van der Waals surface area contributed by atoms with Gasteiger partial charge in [-0.15, -0.1) is 24.0 Å². The number of likely N-dealkylation sites (tertiary alicyclic amines) is 1. The minimum absolute atomic E-state index is 0. The predicted octanol–water partition coefficient (Wildman–Crippen LogP) is 3.95. The second-order valence-electron chi connectivity index (χ2n) is 7.49. The number of piperidine rings is 1. The second kappa shape index (κ2) is 14.9. The zero-order valence-electron chi connectivity index (χ0n) is 18.0. The fraction of sp³-hybridized carbons (Fsp3) is 0.682. The molecule has 6 heteroatoms. The topological polar surface area (TPSA) is 42.9 Å². The molecule has 1 aromatic carbocycles. The Balaban J connectivity index is 0.00000392. The lowest BCUT2D eigenvalue weighted by atomic mass is 10.1. The first-order valence-electron chi connectivity index (χ1n) is 10.8. The molecule has 1 aliphatic rings. The quantitative estimate of drug-likeness (QED) is 0.221. The summed E-state index contributed by atoms with van der Waals surface area (Å²) in [6.45, 7) is 10.9. The Kier molecular flexibility index (Phi) is 13.3. The highest BCUT2D eigenvalue weighted by Crippen LogP contribution is 2.12. The van der Waals surface area contributed by atoms with Gasteiger partial charge in [0.05, 0.1) is 0 Å². The molecular weight excluding hydrogens is 461 g/mol. The van der Waals surface area contributed by atoms with Crippen LogP contribution >= 0.6 is 24.0 Å². The Morgan fingerprint density at radius 2 is 1.86 bits per heavy atom. The van der Waals surface area contributed by atoms with Crippen LogP contribution in [0, 0.1) is 0 Å². The van der Waals surface area contributed by atoms with Crippen molar-refractivity contribution in [3.63, 3.8) is 0 Å². The Labute approximate surface area is 189 Å². The van der Waals surface area contributed by atoms with Gasteiger partial charge in [0, 0.05) is 51.5 Å². The van der Waals surface area contributed by atoms with E-state index in [4.69, 9.17) is 4.99 Å². The molecule has 0 atom stereocenters. The molecule has 0 amide bonds. The van der Waals surface area contributed by atoms with Gasteiger partial charge in [-0.3, -0.25) is 4.99 Å². The van der Waals surface area contributed by atoms with Gasteiger partial charge in [0.15, 0.2) is 5.96 Å². The summed E-state index contributed by atoms with van der Waals surface area (Å²) in [6.07, 6.45) is 5.95. The van der Waals surface area contributed by atoms with E-state index in [0.717, 1.165) is 38.4 Å². The van der Waals surface area contributed by atoms with Crippen molar-refractivity contribution in [2.45, 2.75) is 52.0 Å². The van der Waals surface area contributed by atoms with Crippen LogP contribution in [0.4, 0.5) is 5.69 Å². The number of para-hydroxylation sites is 1. The Hall–Kier alpha value is -1.02. The van der Waals surface area contributed by atoms with Gasteiger partial charge in [0.2, 0.25) is 0 Å². The molecule has 0 aromatic heterocycles. The molecule has 1 aromatic rings. The average molecular weight is 502 g/mol. The number of nitrogens with zero attached hydrogens (tertiary/aromatic N) is 3. The molecule has 0 bridgehead atoms. The largest absolute Gasteiger partial charge is 0.375 e. The van der Waals surface area contributed by atoms with Crippen LogP contribution in [0.1, 0.15) is 46.0 Å². The zero-order chi connectivity index (χ0) is 19.3. The van der Waals surface area contributed by atoms with E-state index in [9.17, 15) is 0 Å². The average Bonchev–Trinajstić information content (AvgIpc) is 2.70. The summed E-state index contributed by atoms with van der Waals surface area (Å²) in [5.74, 6) is 0.989. The number of halogens is 1. The van der Waals surface area contributed by atoms with Gasteiger partial charge in [0.1, 0.15) is 0 Å². The molecule has 0 unspecified atom stereocenters. The fourth-order valence-corrected chi connectivity index (χ4v) is 3.59. The fourth-order valence-electron chi connectivity index (χ4n) is 3.59. The number of guanidine groups is 1. The first-order chi connectivity index (χ1) is 13.2. The number of benzene rings is 1. The van der Waals surface area contributed by atoms with E-state index in [1.165, 1.54) is 44.6 Å². The number of anilines is 1. The van der Waals surface area contributed by atoms with Crippen molar-refractivity contribution in [1.82, 2.24) is 15.5 Å². The zero-order valence-corrected chi connectivity index (χ0v) is 20.3. The molecule has 1 saturated heterocycles. The van der Waals surface area contributed by atoms with Crippen LogP contribution in [-0.4, -0.2) is 63.2 Å². The number of rotatable bonds is 10. The maximum Gasteiger partial charge on any atom is 0.191 e. The molecule has 2 rings (SSSR count). The van der Waals surface area contributed by atoms with E-state index in [1.54, 1.807) is 0 Å². The summed E-state index contributed by atoms with van der Waals surface area (Å²) in [5, 5.41) is 7.05. The van der Waals surface area contributed by atoms with E-state index in [1.807, 2.05) is 0 Å². The SMILES string of the molecule is CCCN1CCC(NC(=NCCCCN(C)c2ccccc2)NCC)CC1.I. The summed E-state index contributed by atoms with van der Waals surface area (Å²) in [4.78, 5) is 9.69. The van der Waals surface area contributed by atoms with Crippen molar-refractivity contribution < 1.29 is 0 Å². The van der Waals surface area contributed by atoms with Gasteiger partial charge in [-0.2, -0.15) is 0 Å². The Bertz CT molecular complexity index is 529. The Morgan fingerprint density at radius 3 is 2.50 bits per heavy atom. The van der Waals surface area contributed by atoms with E-state index in [2.05, 4.69) is 71.7 Å². The van der Waals surface area contributed by atoms with Gasteiger partial charge in [-0.25, -0.2) is 0 Å². The van der Waals surface area contributed by atoms with Crippen molar-refractivity contribution in [2.75, 3.05) is 51.2 Å². The summed E-state index contributed by atoms with van der Waals surface area (Å²) in [6, 6.07) is 11.1. The predicted molar refractivity (Wildman–Crippen MR) is 133 cm³/mol. The highest BCUT2D eigenvalue weighted by atomic mass is 127. The van der Waals surface area contributed by atoms with Gasteiger partial charge >= 0.3 is 0 Å². The molecule has 0 aliphatic carbocycles. The van der Waals surface area contributed by atoms with E-state index < -0.39 is 0 Å². The van der Waals surface area contributed by atoms with E-state index in [-0.39, 0.29) is 24.0 Å². The second-order valence-corrected chi connectivity index (χ2v) is 7.49. The maximum absolute atomic E-state index is 4.79. The molecule has 0 radical (unpaired) electrons. The number of hydrogen-bond donors (Lipinski definition) is 2. The number of hydrogen-bond acceptors (Lipinski definition) is 3. The molecule has 0 saturated carbocycles. The lowest BCUT2D eigenvalue weighted by Gasteiger charge is -2.32. The highest BCUT2D eigenvalue weighted by Gasteiger charge is 2.19. The molecule has 1 aliphatic heterocycles. The molecular formula is C22H40IN5. The normalized spacial score (nSPS) is 15.8. The van der Waals surface area contributed by atoms with E-state index in [0.29, 0.717) is 6.04 Å². The highest BCUT2D eigenvalue weighted by molar-refractivity contribution is 14.0. The Morgan fingerprint density at radius 1 is 1.14 bits per heavy atom. The van der Waals surface area contributed by atoms with Crippen LogP contribution < -0.4 is 15.5 Å². The van der Waals surface area contributed by atoms with Crippen molar-refractivity contribution in [3.05, 3.63) is 30.3 Å². The molecule has 0 spiro atoms. The van der Waals surface area contributed by atoms with Crippen LogP contribution in [0.25, 0.3) is 0 Å². The summed E-state index contributed by atoms with van der Waals surface area (Å²) in [7, 11) is 2.16. The molecule has 2 N–H and O–H groups in total. The third-order valence-electron chi connectivity index (χ3n) is 5.18. The van der Waals surface area contributed by atoms with Crippen molar-refractivity contribution in [2.24, 2.45) is 4.99 Å².